The number of amides is 12. The largest absolute Gasteiger partial charge is 0.508 e. The molecule has 16 N–H and O–H groups in total. The van der Waals surface area contributed by atoms with Crippen molar-refractivity contribution in [2.24, 2.45) is 11.7 Å². The van der Waals surface area contributed by atoms with E-state index in [4.69, 9.17) is 5.73 Å². The zero-order chi connectivity index (χ0) is 93.9. The minimum absolute atomic E-state index is 0.0389. The van der Waals surface area contributed by atoms with Crippen molar-refractivity contribution >= 4 is 118 Å². The number of para-hydroxylation sites is 1. The van der Waals surface area contributed by atoms with Gasteiger partial charge in [-0.15, -0.1) is 11.8 Å². The quantitative estimate of drug-likeness (QED) is 0.0180. The number of carboxylic acid groups (broad SMARTS) is 2. The number of aromatic hydroxyl groups is 1. The van der Waals surface area contributed by atoms with E-state index >= 15 is 14.4 Å². The van der Waals surface area contributed by atoms with Crippen LogP contribution in [0.5, 0.6) is 5.75 Å². The van der Waals surface area contributed by atoms with E-state index in [1.54, 1.807) is 112 Å². The number of β-amino-alcohol motifs (C(OH)–C–C–N with tert-alkyl or cyclic N) is 2. The van der Waals surface area contributed by atoms with Crippen molar-refractivity contribution < 1.29 is 121 Å². The first-order valence-electron chi connectivity index (χ1n) is 41.6. The van der Waals surface area contributed by atoms with Crippen LogP contribution < -0.4 is 43.0 Å². The number of carbonyl (C=O) groups is 16. The number of likely N-dealkylation sites (tertiary alicyclic amines) is 2. The molecule has 2 fully saturated rings. The summed E-state index contributed by atoms with van der Waals surface area (Å²) in [5.41, 5.74) is 8.25. The molecule has 15 atom stereocenters. The number of likely N-dealkylation sites (N-methyl/N-ethyl adjacent to an activating group) is 3. The molecule has 0 aliphatic carbocycles. The molecule has 690 valence electrons. The number of halogens is 3. The van der Waals surface area contributed by atoms with Crippen LogP contribution in [0, 0.1) is 23.4 Å². The summed E-state index contributed by atoms with van der Waals surface area (Å²) in [4.78, 5) is 232. The second-order valence-corrected chi connectivity index (χ2v) is 33.1. The Bertz CT molecular complexity index is 4920. The molecule has 2 saturated heterocycles. The standard InChI is InChI=1S/C88H109F3N14O22S/c1-7-8-23-68(87(126)105-43-58(111)38-70(105)82(121)94-54(44-107)37-74(113)114)101(4)86(125)72(35-50-19-13-10-14-20-50)103(6)84(123)66(33-52-30-60(89)76(91)61(90)31-52)96-73(112)47-128-46-55(45-108)95-78(117)63(28-29-106)97-79(118)64(32-51-24-26-56(109)27-25-51)98-80(119)65(36-53-41-93-62-22-16-15-21-59(53)62)99-83(122)71-39-57(110)42-104(71)85(124)67(40-75(115)116)100-81(120)69(34-49-17-11-9-12-18-49)102(5)88(127)77(92)48(2)3/h9-22,24-27,30-31,41,44-45,48,54-55,57-58,63-72,77,93,106,109-111H,7-8,23,28-29,32-40,42-43,46-47,92H2,1-6H3,(H,94,121)(H,95,117)(H,96,112)(H,97,118)(H,98,119)(H,99,122)(H,100,120)(H,113,114)(H,115,116)/t54-,55+,57+,58+,63-,64-,65-,66-,67-,68-,69-,70+,71+,72-,77-/m0/s1. The summed E-state index contributed by atoms with van der Waals surface area (Å²) in [6.07, 6.45) is -5.04. The fourth-order valence-electron chi connectivity index (χ4n) is 15.2. The summed E-state index contributed by atoms with van der Waals surface area (Å²) in [5, 5.41) is 80.2. The number of phenols is 1. The highest BCUT2D eigenvalue weighted by Crippen LogP contribution is 2.28. The van der Waals surface area contributed by atoms with Gasteiger partial charge in [0.2, 0.25) is 70.9 Å². The number of thioether (sulfide) groups is 1. The normalized spacial score (nSPS) is 17.4. The van der Waals surface area contributed by atoms with E-state index in [0.717, 1.165) is 24.5 Å². The topological polar surface area (TPSA) is 537 Å². The molecule has 12 amide bonds. The lowest BCUT2D eigenvalue weighted by Crippen LogP contribution is -2.61. The Morgan fingerprint density at radius 3 is 1.60 bits per heavy atom. The van der Waals surface area contributed by atoms with E-state index in [0.29, 0.717) is 69.9 Å². The van der Waals surface area contributed by atoms with Gasteiger partial charge < -0.3 is 113 Å². The molecule has 0 radical (unpaired) electrons. The van der Waals surface area contributed by atoms with Crippen LogP contribution in [-0.2, 0) is 109 Å². The van der Waals surface area contributed by atoms with E-state index in [2.05, 4.69) is 42.2 Å². The van der Waals surface area contributed by atoms with Gasteiger partial charge in [0.1, 0.15) is 78.7 Å². The number of hydrogen-bond donors (Lipinski definition) is 15. The number of H-pyrrole nitrogens is 1. The number of carbonyl (C=O) groups excluding carboxylic acids is 14. The Morgan fingerprint density at radius 1 is 0.539 bits per heavy atom. The van der Waals surface area contributed by atoms with Gasteiger partial charge in [0.25, 0.3) is 0 Å². The van der Waals surface area contributed by atoms with E-state index in [-0.39, 0.29) is 61.9 Å². The van der Waals surface area contributed by atoms with Crippen molar-refractivity contribution in [2.75, 3.05) is 52.3 Å². The number of aromatic amines is 1. The fraction of sp³-hybridized carbons (Fsp3) is 0.455. The van der Waals surface area contributed by atoms with Gasteiger partial charge in [-0.1, -0.05) is 125 Å². The Kier molecular flexibility index (Phi) is 37.6. The van der Waals surface area contributed by atoms with Crippen molar-refractivity contribution in [2.45, 2.75) is 195 Å². The summed E-state index contributed by atoms with van der Waals surface area (Å²) in [6, 6.07) is 9.57. The molecule has 2 aliphatic rings. The molecule has 40 heteroatoms. The van der Waals surface area contributed by atoms with E-state index in [9.17, 15) is 106 Å². The molecular formula is C88H109F3N14O22S. The monoisotopic (exact) mass is 1800 g/mol. The molecule has 0 bridgehead atoms. The Morgan fingerprint density at radius 2 is 1.04 bits per heavy atom. The van der Waals surface area contributed by atoms with Gasteiger partial charge in [-0.05, 0) is 76.9 Å². The number of rotatable bonds is 47. The van der Waals surface area contributed by atoms with Crippen LogP contribution in [0.1, 0.15) is 100.0 Å². The molecule has 5 aromatic carbocycles. The van der Waals surface area contributed by atoms with E-state index in [1.165, 1.54) is 45.4 Å². The highest BCUT2D eigenvalue weighted by Gasteiger charge is 2.48. The van der Waals surface area contributed by atoms with Crippen molar-refractivity contribution in [3.8, 4) is 5.75 Å². The number of phenolic OH excluding ortho intramolecular Hbond substituents is 1. The van der Waals surface area contributed by atoms with E-state index < -0.39 is 261 Å². The van der Waals surface area contributed by atoms with Crippen LogP contribution in [0.3, 0.4) is 0 Å². The lowest BCUT2D eigenvalue weighted by molar-refractivity contribution is -0.152. The van der Waals surface area contributed by atoms with Crippen LogP contribution in [0.25, 0.3) is 10.9 Å². The number of carboxylic acids is 2. The summed E-state index contributed by atoms with van der Waals surface area (Å²) < 4.78 is 44.4. The number of nitrogens with two attached hydrogens (primary N) is 1. The smallest absolute Gasteiger partial charge is 0.305 e. The fourth-order valence-corrected chi connectivity index (χ4v) is 16.0. The highest BCUT2D eigenvalue weighted by molar-refractivity contribution is 8.00. The zero-order valence-electron chi connectivity index (χ0n) is 71.3. The molecule has 36 nitrogen and oxygen atoms in total. The Balaban J connectivity index is 0.997. The maximum Gasteiger partial charge on any atom is 0.305 e. The molecule has 6 aromatic rings. The second-order valence-electron chi connectivity index (χ2n) is 32.1. The maximum atomic E-state index is 15.3. The van der Waals surface area contributed by atoms with Crippen LogP contribution >= 0.6 is 11.8 Å². The van der Waals surface area contributed by atoms with Gasteiger partial charge in [-0.2, -0.15) is 0 Å². The van der Waals surface area contributed by atoms with Gasteiger partial charge >= 0.3 is 11.9 Å². The summed E-state index contributed by atoms with van der Waals surface area (Å²) in [7, 11) is 3.77. The second kappa shape index (κ2) is 47.8. The summed E-state index contributed by atoms with van der Waals surface area (Å²) >= 11 is 0.693. The molecule has 128 heavy (non-hydrogen) atoms. The summed E-state index contributed by atoms with van der Waals surface area (Å²) in [5.74, 6) is -21.7. The summed E-state index contributed by atoms with van der Waals surface area (Å²) in [6.45, 7) is 3.40. The van der Waals surface area contributed by atoms with Gasteiger partial charge in [0.05, 0.1) is 48.9 Å². The number of fused-ring (bicyclic) bond motifs is 1. The zero-order valence-corrected chi connectivity index (χ0v) is 72.1. The molecule has 2 aliphatic heterocycles. The number of nitrogens with one attached hydrogen (secondary N) is 8. The average molecular weight is 1800 g/mol. The first-order valence-corrected chi connectivity index (χ1v) is 42.7. The number of aliphatic carboxylic acids is 2. The number of nitrogens with zero attached hydrogens (tertiary/aromatic N) is 5. The number of aldehydes is 2. The van der Waals surface area contributed by atoms with Gasteiger partial charge in [0, 0.05) is 109 Å². The first kappa shape index (κ1) is 101. The van der Waals surface area contributed by atoms with Gasteiger partial charge in [-0.3, -0.25) is 67.1 Å². The highest BCUT2D eigenvalue weighted by atomic mass is 32.2. The molecule has 1 aromatic heterocycles. The third-order valence-electron chi connectivity index (χ3n) is 22.2. The molecular weight excluding hydrogens is 1690 g/mol. The lowest BCUT2D eigenvalue weighted by Gasteiger charge is -2.37. The Hall–Kier alpha value is -12.7. The minimum Gasteiger partial charge on any atom is -0.508 e. The number of benzene rings is 5. The predicted octanol–water partition coefficient (Wildman–Crippen LogP) is 0.239. The lowest BCUT2D eigenvalue weighted by atomic mass is 9.99. The molecule has 8 rings (SSSR count). The molecule has 0 unspecified atom stereocenters. The molecule has 0 spiro atoms. The van der Waals surface area contributed by atoms with Gasteiger partial charge in [0.15, 0.2) is 17.5 Å². The first-order chi connectivity index (χ1) is 60.8. The molecule has 0 saturated carbocycles. The predicted molar refractivity (Wildman–Crippen MR) is 458 cm³/mol. The maximum absolute atomic E-state index is 15.3. The number of aliphatic hydroxyl groups is 3. The SMILES string of the molecule is CCCC[C@@H](C(=O)N1C[C@H](O)C[C@@H]1C(=O)N[C@H](C=O)CC(=O)O)N(C)C(=O)[C@H](Cc1ccccc1)N(C)C(=O)[C@H](Cc1cc(F)c(F)c(F)c1)NC(=O)CSC[C@@H](C=O)NC(=O)[C@H](CCO)NC(=O)[C@H](Cc1ccc(O)cc1)NC(=O)[C@H](Cc1c[nH]c2ccccc12)NC(=O)[C@H]1C[C@@H](O)CN1C(=O)[C@H](CC(=O)O)NC(=O)[C@H](Cc1ccccc1)N(C)C(=O)[C@@H](N)C(C)C. The third-order valence-corrected chi connectivity index (χ3v) is 23.3. The van der Waals surface area contributed by atoms with Crippen molar-refractivity contribution in [1.29, 1.82) is 0 Å². The van der Waals surface area contributed by atoms with E-state index in [1.807, 2.05) is 0 Å². The van der Waals surface area contributed by atoms with Crippen molar-refractivity contribution in [1.82, 2.24) is 66.7 Å². The number of hydrogen-bond acceptors (Lipinski definition) is 22. The van der Waals surface area contributed by atoms with Gasteiger partial charge in [-0.25, -0.2) is 13.2 Å². The average Bonchev–Trinajstić information content (AvgIpc) is 1.59. The van der Waals surface area contributed by atoms with Crippen LogP contribution in [-0.4, -0.2) is 299 Å². The number of aliphatic hydroxyl groups excluding tert-OH is 3. The van der Waals surface area contributed by atoms with Crippen molar-refractivity contribution in [3.63, 3.8) is 0 Å². The van der Waals surface area contributed by atoms with Crippen LogP contribution in [0.4, 0.5) is 13.2 Å². The third kappa shape index (κ3) is 27.9. The number of aromatic nitrogens is 1. The van der Waals surface area contributed by atoms with Crippen LogP contribution in [0.15, 0.2) is 128 Å². The minimum atomic E-state index is -1.92. The van der Waals surface area contributed by atoms with Crippen molar-refractivity contribution in [3.05, 3.63) is 173 Å². The molecule has 3 heterocycles. The van der Waals surface area contributed by atoms with Crippen LogP contribution in [0.2, 0.25) is 0 Å². The Labute approximate surface area is 739 Å². The number of unbranched alkanes of at least 4 members (excludes halogenated alkanes) is 1.